The summed E-state index contributed by atoms with van der Waals surface area (Å²) in [6, 6.07) is 4.43. The Hall–Kier alpha value is -2.28. The zero-order valence-corrected chi connectivity index (χ0v) is 12.4. The summed E-state index contributed by atoms with van der Waals surface area (Å²) >= 11 is 0. The number of H-pyrrole nitrogens is 1. The standard InChI is InChI=1S/C15H19N7/c1-2-7-21(12(4-1)8-22-11-16-10-18-22)9-14-19-13-5-3-6-17-15(13)20-14/h3,5-6,10-12H,1-2,4,7-9H2,(H,17,19,20). The first-order chi connectivity index (χ1) is 10.9. The minimum atomic E-state index is 0.483. The van der Waals surface area contributed by atoms with Crippen LogP contribution >= 0.6 is 0 Å². The summed E-state index contributed by atoms with van der Waals surface area (Å²) in [6.07, 6.45) is 8.87. The van der Waals surface area contributed by atoms with Gasteiger partial charge in [-0.3, -0.25) is 9.58 Å². The predicted molar refractivity (Wildman–Crippen MR) is 82.0 cm³/mol. The third-order valence-corrected chi connectivity index (χ3v) is 4.27. The third-order valence-electron chi connectivity index (χ3n) is 4.27. The molecule has 114 valence electrons. The Bertz CT molecular complexity index is 700. The molecular formula is C15H19N7. The number of hydrogen-bond donors (Lipinski definition) is 1. The fourth-order valence-electron chi connectivity index (χ4n) is 3.18. The Morgan fingerprint density at radius 2 is 2.32 bits per heavy atom. The van der Waals surface area contributed by atoms with Crippen molar-refractivity contribution in [3.8, 4) is 0 Å². The van der Waals surface area contributed by atoms with Crippen molar-refractivity contribution < 1.29 is 0 Å². The smallest absolute Gasteiger partial charge is 0.177 e. The van der Waals surface area contributed by atoms with Gasteiger partial charge in [-0.2, -0.15) is 5.10 Å². The Kier molecular flexibility index (Phi) is 3.56. The van der Waals surface area contributed by atoms with Gasteiger partial charge in [0.2, 0.25) is 0 Å². The fraction of sp³-hybridized carbons (Fsp3) is 0.467. The summed E-state index contributed by atoms with van der Waals surface area (Å²) in [6.45, 7) is 2.82. The van der Waals surface area contributed by atoms with Crippen LogP contribution < -0.4 is 0 Å². The SMILES string of the molecule is c1cnc2nc(CN3CCCCC3Cn3cncn3)[nH]c2c1. The topological polar surface area (TPSA) is 75.5 Å². The fourth-order valence-corrected chi connectivity index (χ4v) is 3.18. The van der Waals surface area contributed by atoms with Crippen molar-refractivity contribution in [3.05, 3.63) is 36.8 Å². The highest BCUT2D eigenvalue weighted by atomic mass is 15.3. The number of nitrogens with zero attached hydrogens (tertiary/aromatic N) is 6. The minimum absolute atomic E-state index is 0.483. The largest absolute Gasteiger partial charge is 0.340 e. The molecule has 7 heteroatoms. The first-order valence-electron chi connectivity index (χ1n) is 7.74. The number of pyridine rings is 1. The molecule has 0 bridgehead atoms. The summed E-state index contributed by atoms with van der Waals surface area (Å²) in [7, 11) is 0. The molecule has 1 N–H and O–H groups in total. The second-order valence-electron chi connectivity index (χ2n) is 5.80. The second kappa shape index (κ2) is 5.84. The van der Waals surface area contributed by atoms with Gasteiger partial charge in [0.25, 0.3) is 0 Å². The molecule has 3 aromatic heterocycles. The zero-order chi connectivity index (χ0) is 14.8. The van der Waals surface area contributed by atoms with Crippen molar-refractivity contribution in [1.29, 1.82) is 0 Å². The highest BCUT2D eigenvalue weighted by Crippen LogP contribution is 2.20. The Balaban J connectivity index is 1.51. The molecule has 7 nitrogen and oxygen atoms in total. The Morgan fingerprint density at radius 1 is 1.32 bits per heavy atom. The average Bonchev–Trinajstić information content (AvgIpc) is 3.18. The summed E-state index contributed by atoms with van der Waals surface area (Å²) in [4.78, 5) is 18.8. The van der Waals surface area contributed by atoms with Crippen LogP contribution in [-0.2, 0) is 13.1 Å². The van der Waals surface area contributed by atoms with Crippen molar-refractivity contribution in [2.24, 2.45) is 0 Å². The molecule has 0 aliphatic carbocycles. The van der Waals surface area contributed by atoms with Crippen LogP contribution in [0.1, 0.15) is 25.1 Å². The minimum Gasteiger partial charge on any atom is -0.340 e. The summed E-state index contributed by atoms with van der Waals surface area (Å²) < 4.78 is 1.92. The molecule has 1 aliphatic rings. The van der Waals surface area contributed by atoms with Gasteiger partial charge in [0.1, 0.15) is 18.5 Å². The highest BCUT2D eigenvalue weighted by Gasteiger charge is 2.24. The van der Waals surface area contributed by atoms with E-state index >= 15 is 0 Å². The number of likely N-dealkylation sites (tertiary alicyclic amines) is 1. The molecule has 3 aromatic rings. The molecule has 4 rings (SSSR count). The Labute approximate surface area is 128 Å². The van der Waals surface area contributed by atoms with Crippen molar-refractivity contribution in [1.82, 2.24) is 34.6 Å². The van der Waals surface area contributed by atoms with E-state index in [1.165, 1.54) is 19.3 Å². The molecule has 0 radical (unpaired) electrons. The van der Waals surface area contributed by atoms with Crippen LogP contribution in [-0.4, -0.2) is 47.2 Å². The molecule has 4 heterocycles. The van der Waals surface area contributed by atoms with E-state index in [2.05, 4.69) is 29.9 Å². The zero-order valence-electron chi connectivity index (χ0n) is 12.4. The molecule has 1 aliphatic heterocycles. The van der Waals surface area contributed by atoms with Crippen LogP contribution in [0.5, 0.6) is 0 Å². The van der Waals surface area contributed by atoms with E-state index in [1.807, 2.05) is 16.8 Å². The number of aromatic amines is 1. The van der Waals surface area contributed by atoms with E-state index in [4.69, 9.17) is 0 Å². The molecule has 0 spiro atoms. The number of hydrogen-bond acceptors (Lipinski definition) is 5. The molecule has 1 unspecified atom stereocenters. The number of imidazole rings is 1. The van der Waals surface area contributed by atoms with Crippen molar-refractivity contribution in [2.45, 2.75) is 38.4 Å². The van der Waals surface area contributed by atoms with Gasteiger partial charge in [-0.1, -0.05) is 6.42 Å². The molecule has 1 fully saturated rings. The van der Waals surface area contributed by atoms with Gasteiger partial charge in [0, 0.05) is 12.2 Å². The van der Waals surface area contributed by atoms with E-state index in [9.17, 15) is 0 Å². The molecule has 1 saturated heterocycles. The maximum absolute atomic E-state index is 4.60. The van der Waals surface area contributed by atoms with Gasteiger partial charge >= 0.3 is 0 Å². The number of aromatic nitrogens is 6. The van der Waals surface area contributed by atoms with Gasteiger partial charge in [0.05, 0.1) is 18.6 Å². The maximum Gasteiger partial charge on any atom is 0.177 e. The van der Waals surface area contributed by atoms with Crippen LogP contribution in [0.4, 0.5) is 0 Å². The van der Waals surface area contributed by atoms with Gasteiger partial charge in [0.15, 0.2) is 5.65 Å². The monoisotopic (exact) mass is 297 g/mol. The quantitative estimate of drug-likeness (QED) is 0.791. The molecule has 1 atom stereocenters. The molecule has 0 aromatic carbocycles. The average molecular weight is 297 g/mol. The van der Waals surface area contributed by atoms with Gasteiger partial charge in [-0.25, -0.2) is 15.0 Å². The van der Waals surface area contributed by atoms with Crippen molar-refractivity contribution in [2.75, 3.05) is 6.54 Å². The lowest BCUT2D eigenvalue weighted by atomic mass is 10.0. The first-order valence-corrected chi connectivity index (χ1v) is 7.74. The predicted octanol–water partition coefficient (Wildman–Crippen LogP) is 1.60. The van der Waals surface area contributed by atoms with Gasteiger partial charge in [-0.05, 0) is 31.5 Å². The van der Waals surface area contributed by atoms with Crippen LogP contribution in [0.2, 0.25) is 0 Å². The van der Waals surface area contributed by atoms with E-state index < -0.39 is 0 Å². The van der Waals surface area contributed by atoms with E-state index in [0.29, 0.717) is 6.04 Å². The highest BCUT2D eigenvalue weighted by molar-refractivity contribution is 5.69. The molecule has 0 saturated carbocycles. The van der Waals surface area contributed by atoms with Crippen LogP contribution in [0.3, 0.4) is 0 Å². The summed E-state index contributed by atoms with van der Waals surface area (Å²) in [5, 5.41) is 4.23. The Morgan fingerprint density at radius 3 is 3.18 bits per heavy atom. The van der Waals surface area contributed by atoms with E-state index in [0.717, 1.165) is 36.6 Å². The van der Waals surface area contributed by atoms with E-state index in [-0.39, 0.29) is 0 Å². The van der Waals surface area contributed by atoms with Crippen LogP contribution in [0, 0.1) is 0 Å². The van der Waals surface area contributed by atoms with Gasteiger partial charge in [-0.15, -0.1) is 0 Å². The molecule has 22 heavy (non-hydrogen) atoms. The summed E-state index contributed by atoms with van der Waals surface area (Å²) in [5.74, 6) is 0.985. The van der Waals surface area contributed by atoms with Gasteiger partial charge < -0.3 is 4.98 Å². The number of rotatable bonds is 4. The molecular weight excluding hydrogens is 278 g/mol. The summed E-state index contributed by atoms with van der Waals surface area (Å²) in [5.41, 5.74) is 1.80. The van der Waals surface area contributed by atoms with E-state index in [1.54, 1.807) is 18.9 Å². The number of piperidine rings is 1. The van der Waals surface area contributed by atoms with Crippen LogP contribution in [0.15, 0.2) is 31.0 Å². The molecule has 0 amide bonds. The second-order valence-corrected chi connectivity index (χ2v) is 5.80. The van der Waals surface area contributed by atoms with Crippen LogP contribution in [0.25, 0.3) is 11.2 Å². The van der Waals surface area contributed by atoms with Crippen molar-refractivity contribution in [3.63, 3.8) is 0 Å². The lowest BCUT2D eigenvalue weighted by Gasteiger charge is -2.34. The lowest BCUT2D eigenvalue weighted by molar-refractivity contribution is 0.119. The lowest BCUT2D eigenvalue weighted by Crippen LogP contribution is -2.41. The van der Waals surface area contributed by atoms with Crippen molar-refractivity contribution >= 4 is 11.2 Å². The normalized spacial score (nSPS) is 19.7. The first kappa shape index (κ1) is 13.4. The number of fused-ring (bicyclic) bond motifs is 1. The number of nitrogens with one attached hydrogen (secondary N) is 1. The third kappa shape index (κ3) is 2.71. The maximum atomic E-state index is 4.60.